The fourth-order valence-corrected chi connectivity index (χ4v) is 3.43. The van der Waals surface area contributed by atoms with Gasteiger partial charge in [0.1, 0.15) is 5.82 Å². The SMILES string of the molecule is O=C(NCC1CCCN1)C1CCCN(C(=O)Nc2ccccc2F)C1. The van der Waals surface area contributed by atoms with Crippen molar-refractivity contribution in [3.8, 4) is 0 Å². The Morgan fingerprint density at radius 3 is 2.84 bits per heavy atom. The molecule has 2 heterocycles. The highest BCUT2D eigenvalue weighted by Gasteiger charge is 2.29. The van der Waals surface area contributed by atoms with Gasteiger partial charge in [0.05, 0.1) is 11.6 Å². The minimum Gasteiger partial charge on any atom is -0.354 e. The lowest BCUT2D eigenvalue weighted by molar-refractivity contribution is -0.126. The predicted molar refractivity (Wildman–Crippen MR) is 93.8 cm³/mol. The van der Waals surface area contributed by atoms with Crippen LogP contribution < -0.4 is 16.0 Å². The molecule has 0 bridgehead atoms. The Hall–Kier alpha value is -2.15. The largest absolute Gasteiger partial charge is 0.354 e. The third kappa shape index (κ3) is 4.69. The standard InChI is InChI=1S/C18H25FN4O2/c19-15-7-1-2-8-16(15)22-18(25)23-10-4-5-13(12-23)17(24)21-11-14-6-3-9-20-14/h1-2,7-8,13-14,20H,3-6,9-12H2,(H,21,24)(H,22,25). The van der Waals surface area contributed by atoms with Gasteiger partial charge in [-0.2, -0.15) is 0 Å². The van der Waals surface area contributed by atoms with E-state index in [0.717, 1.165) is 32.2 Å². The van der Waals surface area contributed by atoms with Crippen LogP contribution in [-0.4, -0.2) is 49.1 Å². The first-order valence-electron chi connectivity index (χ1n) is 8.95. The summed E-state index contributed by atoms with van der Waals surface area (Å²) in [5.74, 6) is -0.676. The Balaban J connectivity index is 1.50. The molecule has 0 spiro atoms. The number of nitrogens with zero attached hydrogens (tertiary/aromatic N) is 1. The number of anilines is 1. The Labute approximate surface area is 147 Å². The van der Waals surface area contributed by atoms with Crippen molar-refractivity contribution < 1.29 is 14.0 Å². The van der Waals surface area contributed by atoms with Crippen LogP contribution in [0.1, 0.15) is 25.7 Å². The highest BCUT2D eigenvalue weighted by atomic mass is 19.1. The summed E-state index contributed by atoms with van der Waals surface area (Å²) in [5.41, 5.74) is 0.159. The minimum atomic E-state index is -0.466. The zero-order valence-electron chi connectivity index (χ0n) is 14.3. The first-order chi connectivity index (χ1) is 12.1. The van der Waals surface area contributed by atoms with E-state index in [0.29, 0.717) is 25.7 Å². The van der Waals surface area contributed by atoms with Crippen LogP contribution in [0, 0.1) is 11.7 Å². The molecule has 0 aromatic heterocycles. The fraction of sp³-hybridized carbons (Fsp3) is 0.556. The molecule has 2 unspecified atom stereocenters. The molecule has 6 nitrogen and oxygen atoms in total. The number of urea groups is 1. The number of piperidine rings is 1. The van der Waals surface area contributed by atoms with Crippen LogP contribution in [0.4, 0.5) is 14.9 Å². The molecule has 7 heteroatoms. The number of nitrogens with one attached hydrogen (secondary N) is 3. The van der Waals surface area contributed by atoms with Gasteiger partial charge in [-0.1, -0.05) is 12.1 Å². The van der Waals surface area contributed by atoms with Crippen molar-refractivity contribution >= 4 is 17.6 Å². The molecule has 0 aliphatic carbocycles. The Bertz CT molecular complexity index is 619. The van der Waals surface area contributed by atoms with Crippen molar-refractivity contribution in [2.24, 2.45) is 5.92 Å². The van der Waals surface area contributed by atoms with Crippen LogP contribution in [0.2, 0.25) is 0 Å². The van der Waals surface area contributed by atoms with Gasteiger partial charge < -0.3 is 20.9 Å². The third-order valence-electron chi connectivity index (χ3n) is 4.88. The summed E-state index contributed by atoms with van der Waals surface area (Å²) in [6, 6.07) is 6.07. The molecule has 0 saturated carbocycles. The maximum Gasteiger partial charge on any atom is 0.321 e. The molecular formula is C18H25FN4O2. The highest BCUT2D eigenvalue weighted by molar-refractivity contribution is 5.90. The maximum atomic E-state index is 13.7. The smallest absolute Gasteiger partial charge is 0.321 e. The molecule has 3 rings (SSSR count). The Morgan fingerprint density at radius 2 is 2.08 bits per heavy atom. The quantitative estimate of drug-likeness (QED) is 0.779. The number of para-hydroxylation sites is 1. The summed E-state index contributed by atoms with van der Waals surface area (Å²) in [5, 5.41) is 8.93. The molecule has 1 aromatic carbocycles. The Kier molecular flexibility index (Phi) is 5.86. The average Bonchev–Trinajstić information content (AvgIpc) is 3.15. The highest BCUT2D eigenvalue weighted by Crippen LogP contribution is 2.19. The molecule has 3 N–H and O–H groups in total. The number of carbonyl (C=O) groups excluding carboxylic acids is 2. The molecule has 0 radical (unpaired) electrons. The van der Waals surface area contributed by atoms with Gasteiger partial charge >= 0.3 is 6.03 Å². The normalized spacial score (nSPS) is 23.3. The van der Waals surface area contributed by atoms with Crippen LogP contribution >= 0.6 is 0 Å². The summed E-state index contributed by atoms with van der Waals surface area (Å²) >= 11 is 0. The van der Waals surface area contributed by atoms with Gasteiger partial charge in [0.2, 0.25) is 5.91 Å². The van der Waals surface area contributed by atoms with Gasteiger partial charge in [-0.25, -0.2) is 9.18 Å². The number of benzene rings is 1. The van der Waals surface area contributed by atoms with Gasteiger partial charge in [0.15, 0.2) is 0 Å². The molecule has 2 aliphatic heterocycles. The molecular weight excluding hydrogens is 323 g/mol. The van der Waals surface area contributed by atoms with E-state index in [1.54, 1.807) is 17.0 Å². The van der Waals surface area contributed by atoms with E-state index in [-0.39, 0.29) is 23.5 Å². The Morgan fingerprint density at radius 1 is 1.24 bits per heavy atom. The van der Waals surface area contributed by atoms with Crippen molar-refractivity contribution in [1.82, 2.24) is 15.5 Å². The fourth-order valence-electron chi connectivity index (χ4n) is 3.43. The molecule has 2 fully saturated rings. The van der Waals surface area contributed by atoms with Crippen LogP contribution in [-0.2, 0) is 4.79 Å². The van der Waals surface area contributed by atoms with Crippen LogP contribution in [0.3, 0.4) is 0 Å². The number of rotatable bonds is 4. The van der Waals surface area contributed by atoms with E-state index in [4.69, 9.17) is 0 Å². The lowest BCUT2D eigenvalue weighted by atomic mass is 9.97. The number of hydrogen-bond acceptors (Lipinski definition) is 3. The topological polar surface area (TPSA) is 73.5 Å². The summed E-state index contributed by atoms with van der Waals surface area (Å²) in [7, 11) is 0. The first kappa shape index (κ1) is 17.7. The van der Waals surface area contributed by atoms with Crippen molar-refractivity contribution in [2.75, 3.05) is 31.5 Å². The van der Waals surface area contributed by atoms with Crippen molar-refractivity contribution in [2.45, 2.75) is 31.7 Å². The lowest BCUT2D eigenvalue weighted by Gasteiger charge is -2.32. The van der Waals surface area contributed by atoms with Crippen LogP contribution in [0.5, 0.6) is 0 Å². The molecule has 2 aliphatic rings. The molecule has 3 amide bonds. The number of hydrogen-bond donors (Lipinski definition) is 3. The van der Waals surface area contributed by atoms with Crippen molar-refractivity contribution in [3.63, 3.8) is 0 Å². The lowest BCUT2D eigenvalue weighted by Crippen LogP contribution is -2.48. The van der Waals surface area contributed by atoms with Crippen LogP contribution in [0.25, 0.3) is 0 Å². The van der Waals surface area contributed by atoms with E-state index in [1.165, 1.54) is 12.1 Å². The van der Waals surface area contributed by atoms with Gasteiger partial charge in [-0.3, -0.25) is 4.79 Å². The molecule has 2 saturated heterocycles. The second kappa shape index (κ2) is 8.29. The molecule has 1 aromatic rings. The van der Waals surface area contributed by atoms with E-state index < -0.39 is 5.82 Å². The third-order valence-corrected chi connectivity index (χ3v) is 4.88. The number of carbonyl (C=O) groups is 2. The van der Waals surface area contributed by atoms with Gasteiger partial charge in [0, 0.05) is 25.7 Å². The molecule has 2 atom stereocenters. The average molecular weight is 348 g/mol. The van der Waals surface area contributed by atoms with E-state index >= 15 is 0 Å². The second-order valence-corrected chi connectivity index (χ2v) is 6.73. The maximum absolute atomic E-state index is 13.7. The summed E-state index contributed by atoms with van der Waals surface area (Å²) in [4.78, 5) is 26.3. The van der Waals surface area contributed by atoms with Crippen molar-refractivity contribution in [3.05, 3.63) is 30.1 Å². The zero-order chi connectivity index (χ0) is 17.6. The second-order valence-electron chi connectivity index (χ2n) is 6.73. The van der Waals surface area contributed by atoms with Crippen molar-refractivity contribution in [1.29, 1.82) is 0 Å². The monoisotopic (exact) mass is 348 g/mol. The predicted octanol–water partition coefficient (Wildman–Crippen LogP) is 1.94. The zero-order valence-corrected chi connectivity index (χ0v) is 14.3. The number of amides is 3. The van der Waals surface area contributed by atoms with Gasteiger partial charge in [0.25, 0.3) is 0 Å². The minimum absolute atomic E-state index is 0.00269. The summed E-state index contributed by atoms with van der Waals surface area (Å²) in [6.07, 6.45) is 3.77. The van der Waals surface area contributed by atoms with E-state index in [1.807, 2.05) is 0 Å². The first-order valence-corrected chi connectivity index (χ1v) is 8.95. The number of halogens is 1. The number of likely N-dealkylation sites (tertiary alicyclic amines) is 1. The summed E-state index contributed by atoms with van der Waals surface area (Å²) in [6.45, 7) is 2.59. The molecule has 25 heavy (non-hydrogen) atoms. The molecule has 136 valence electrons. The van der Waals surface area contributed by atoms with Crippen LogP contribution in [0.15, 0.2) is 24.3 Å². The van der Waals surface area contributed by atoms with Gasteiger partial charge in [-0.05, 0) is 44.4 Å². The summed E-state index contributed by atoms with van der Waals surface area (Å²) < 4.78 is 13.7. The van der Waals surface area contributed by atoms with E-state index in [9.17, 15) is 14.0 Å². The van der Waals surface area contributed by atoms with Gasteiger partial charge in [-0.15, -0.1) is 0 Å². The van der Waals surface area contributed by atoms with E-state index in [2.05, 4.69) is 16.0 Å².